The standard InChI is InChI=1S/C10H21NO5/c1-5(2)6(11)3-15-10-9(14)8(13)7(12)4-16-10/h5-10,12-14H,3-4,11H2,1-2H3. The van der Waals surface area contributed by atoms with Gasteiger partial charge in [-0.25, -0.2) is 0 Å². The molecule has 1 rings (SSSR count). The SMILES string of the molecule is CC(C)C(N)COC1OCC(O)C(O)C1O. The van der Waals surface area contributed by atoms with Crippen molar-refractivity contribution in [2.45, 2.75) is 44.5 Å². The summed E-state index contributed by atoms with van der Waals surface area (Å²) < 4.78 is 10.3. The summed E-state index contributed by atoms with van der Waals surface area (Å²) in [4.78, 5) is 0. The van der Waals surface area contributed by atoms with Crippen LogP contribution in [0.2, 0.25) is 0 Å². The molecule has 0 amide bonds. The first kappa shape index (κ1) is 13.8. The third-order valence-corrected chi connectivity index (χ3v) is 2.76. The number of aliphatic hydroxyl groups is 3. The van der Waals surface area contributed by atoms with Crippen molar-refractivity contribution in [3.05, 3.63) is 0 Å². The van der Waals surface area contributed by atoms with Crippen LogP contribution in [0.25, 0.3) is 0 Å². The minimum atomic E-state index is -1.25. The van der Waals surface area contributed by atoms with E-state index >= 15 is 0 Å². The van der Waals surface area contributed by atoms with Crippen molar-refractivity contribution in [1.29, 1.82) is 0 Å². The van der Waals surface area contributed by atoms with E-state index in [-0.39, 0.29) is 25.2 Å². The predicted octanol–water partition coefficient (Wildman–Crippen LogP) is -1.57. The minimum Gasteiger partial charge on any atom is -0.388 e. The van der Waals surface area contributed by atoms with Gasteiger partial charge in [0.15, 0.2) is 6.29 Å². The highest BCUT2D eigenvalue weighted by molar-refractivity contribution is 4.82. The number of rotatable bonds is 4. The van der Waals surface area contributed by atoms with Gasteiger partial charge in [-0.1, -0.05) is 13.8 Å². The van der Waals surface area contributed by atoms with Gasteiger partial charge in [0.05, 0.1) is 13.2 Å². The van der Waals surface area contributed by atoms with E-state index in [1.54, 1.807) is 0 Å². The zero-order chi connectivity index (χ0) is 12.3. The van der Waals surface area contributed by atoms with Crippen LogP contribution in [0.3, 0.4) is 0 Å². The highest BCUT2D eigenvalue weighted by Crippen LogP contribution is 2.17. The molecule has 96 valence electrons. The smallest absolute Gasteiger partial charge is 0.186 e. The zero-order valence-electron chi connectivity index (χ0n) is 9.61. The van der Waals surface area contributed by atoms with Crippen LogP contribution in [0.15, 0.2) is 0 Å². The summed E-state index contributed by atoms with van der Waals surface area (Å²) in [5.41, 5.74) is 5.77. The Bertz CT molecular complexity index is 213. The molecule has 1 aliphatic heterocycles. The monoisotopic (exact) mass is 235 g/mol. The van der Waals surface area contributed by atoms with E-state index in [0.29, 0.717) is 0 Å². The summed E-state index contributed by atoms with van der Waals surface area (Å²) in [6.07, 6.45) is -4.49. The Hall–Kier alpha value is -0.240. The molecule has 0 aromatic heterocycles. The maximum atomic E-state index is 9.56. The molecular weight excluding hydrogens is 214 g/mol. The van der Waals surface area contributed by atoms with E-state index in [1.807, 2.05) is 13.8 Å². The van der Waals surface area contributed by atoms with Crippen LogP contribution in [-0.4, -0.2) is 59.2 Å². The number of hydrogen-bond acceptors (Lipinski definition) is 6. The van der Waals surface area contributed by atoms with Crippen LogP contribution in [0.4, 0.5) is 0 Å². The van der Waals surface area contributed by atoms with Gasteiger partial charge in [0, 0.05) is 6.04 Å². The quantitative estimate of drug-likeness (QED) is 0.469. The van der Waals surface area contributed by atoms with Crippen molar-refractivity contribution in [1.82, 2.24) is 0 Å². The van der Waals surface area contributed by atoms with Gasteiger partial charge in [0.25, 0.3) is 0 Å². The molecule has 0 aliphatic carbocycles. The lowest BCUT2D eigenvalue weighted by atomic mass is 10.0. The molecule has 1 heterocycles. The predicted molar refractivity (Wildman–Crippen MR) is 56.5 cm³/mol. The van der Waals surface area contributed by atoms with Gasteiger partial charge in [-0.2, -0.15) is 0 Å². The summed E-state index contributed by atoms with van der Waals surface area (Å²) >= 11 is 0. The third-order valence-electron chi connectivity index (χ3n) is 2.76. The first-order chi connectivity index (χ1) is 7.43. The molecule has 16 heavy (non-hydrogen) atoms. The van der Waals surface area contributed by atoms with E-state index in [2.05, 4.69) is 0 Å². The Labute approximate surface area is 95.0 Å². The van der Waals surface area contributed by atoms with E-state index < -0.39 is 24.6 Å². The summed E-state index contributed by atoms with van der Waals surface area (Å²) in [7, 11) is 0. The van der Waals surface area contributed by atoms with Gasteiger partial charge in [0.1, 0.15) is 18.3 Å². The average Bonchev–Trinajstić information content (AvgIpc) is 2.24. The van der Waals surface area contributed by atoms with Gasteiger partial charge in [-0.05, 0) is 5.92 Å². The van der Waals surface area contributed by atoms with Crippen LogP contribution in [0.1, 0.15) is 13.8 Å². The second kappa shape index (κ2) is 5.90. The molecule has 5 unspecified atom stereocenters. The van der Waals surface area contributed by atoms with E-state index in [1.165, 1.54) is 0 Å². The summed E-state index contributed by atoms with van der Waals surface area (Å²) in [6, 6.07) is -0.153. The fraction of sp³-hybridized carbons (Fsp3) is 1.00. The minimum absolute atomic E-state index is 0.0557. The highest BCUT2D eigenvalue weighted by Gasteiger charge is 2.38. The molecule has 0 bridgehead atoms. The fourth-order valence-corrected chi connectivity index (χ4v) is 1.32. The van der Waals surface area contributed by atoms with Crippen molar-refractivity contribution < 1.29 is 24.8 Å². The van der Waals surface area contributed by atoms with Crippen molar-refractivity contribution in [3.63, 3.8) is 0 Å². The molecule has 1 aliphatic rings. The second-order valence-corrected chi connectivity index (χ2v) is 4.49. The Kier molecular flexibility index (Phi) is 5.10. The lowest BCUT2D eigenvalue weighted by Gasteiger charge is -2.35. The van der Waals surface area contributed by atoms with Crippen molar-refractivity contribution in [2.24, 2.45) is 11.7 Å². The number of aliphatic hydroxyl groups excluding tert-OH is 3. The lowest BCUT2D eigenvalue weighted by molar-refractivity contribution is -0.271. The van der Waals surface area contributed by atoms with Gasteiger partial charge in [-0.3, -0.25) is 0 Å². The first-order valence-corrected chi connectivity index (χ1v) is 5.46. The van der Waals surface area contributed by atoms with E-state index in [9.17, 15) is 15.3 Å². The largest absolute Gasteiger partial charge is 0.388 e. The number of hydrogen-bond donors (Lipinski definition) is 4. The fourth-order valence-electron chi connectivity index (χ4n) is 1.32. The molecule has 0 aromatic carbocycles. The lowest BCUT2D eigenvalue weighted by Crippen LogP contribution is -2.54. The Morgan fingerprint density at radius 1 is 1.31 bits per heavy atom. The molecule has 0 radical (unpaired) electrons. The van der Waals surface area contributed by atoms with Crippen molar-refractivity contribution in [3.8, 4) is 0 Å². The van der Waals surface area contributed by atoms with Crippen LogP contribution in [-0.2, 0) is 9.47 Å². The molecule has 6 heteroatoms. The van der Waals surface area contributed by atoms with Crippen molar-refractivity contribution in [2.75, 3.05) is 13.2 Å². The number of ether oxygens (including phenoxy) is 2. The Morgan fingerprint density at radius 3 is 2.50 bits per heavy atom. The van der Waals surface area contributed by atoms with Crippen LogP contribution >= 0.6 is 0 Å². The van der Waals surface area contributed by atoms with Gasteiger partial charge in [0.2, 0.25) is 0 Å². The average molecular weight is 235 g/mol. The molecule has 0 saturated carbocycles. The normalized spacial score (nSPS) is 37.7. The van der Waals surface area contributed by atoms with E-state index in [4.69, 9.17) is 15.2 Å². The molecular formula is C10H21NO5. The molecule has 1 fully saturated rings. The zero-order valence-corrected chi connectivity index (χ0v) is 9.61. The molecule has 5 atom stereocenters. The maximum Gasteiger partial charge on any atom is 0.186 e. The highest BCUT2D eigenvalue weighted by atomic mass is 16.7. The topological polar surface area (TPSA) is 105 Å². The summed E-state index contributed by atoms with van der Waals surface area (Å²) in [5.74, 6) is 0.260. The molecule has 0 spiro atoms. The van der Waals surface area contributed by atoms with Gasteiger partial charge in [-0.15, -0.1) is 0 Å². The first-order valence-electron chi connectivity index (χ1n) is 5.46. The summed E-state index contributed by atoms with van der Waals surface area (Å²) in [6.45, 7) is 4.11. The van der Waals surface area contributed by atoms with Crippen LogP contribution in [0, 0.1) is 5.92 Å². The van der Waals surface area contributed by atoms with E-state index in [0.717, 1.165) is 0 Å². The molecule has 5 N–H and O–H groups in total. The molecule has 0 aromatic rings. The van der Waals surface area contributed by atoms with Gasteiger partial charge >= 0.3 is 0 Å². The van der Waals surface area contributed by atoms with Gasteiger partial charge < -0.3 is 30.5 Å². The number of nitrogens with two attached hydrogens (primary N) is 1. The summed E-state index contributed by atoms with van der Waals surface area (Å²) in [5, 5.41) is 28.2. The Morgan fingerprint density at radius 2 is 1.94 bits per heavy atom. The molecule has 6 nitrogen and oxygen atoms in total. The maximum absolute atomic E-state index is 9.56. The third kappa shape index (κ3) is 3.38. The Balaban J connectivity index is 2.37. The van der Waals surface area contributed by atoms with Crippen LogP contribution < -0.4 is 5.73 Å². The molecule has 1 saturated heterocycles. The van der Waals surface area contributed by atoms with Crippen molar-refractivity contribution >= 4 is 0 Å². The van der Waals surface area contributed by atoms with Crippen LogP contribution in [0.5, 0.6) is 0 Å². The second-order valence-electron chi connectivity index (χ2n) is 4.49.